The number of aromatic nitrogens is 3. The van der Waals surface area contributed by atoms with Gasteiger partial charge in [-0.25, -0.2) is 0 Å². The molecule has 0 N–H and O–H groups in total. The van der Waals surface area contributed by atoms with Crippen molar-refractivity contribution in [2.24, 2.45) is 5.92 Å². The Bertz CT molecular complexity index is 856. The number of piperidine rings is 1. The molecular formula is C23H30N4O3. The minimum Gasteiger partial charge on any atom is -0.375 e. The zero-order valence-electron chi connectivity index (χ0n) is 17.5. The summed E-state index contributed by atoms with van der Waals surface area (Å²) in [4.78, 5) is 23.3. The first-order chi connectivity index (χ1) is 14.7. The second-order valence-electron chi connectivity index (χ2n) is 9.18. The first-order valence-electron chi connectivity index (χ1n) is 11.3. The van der Waals surface area contributed by atoms with Crippen molar-refractivity contribution in [3.05, 3.63) is 41.8 Å². The Labute approximate surface area is 177 Å². The van der Waals surface area contributed by atoms with Gasteiger partial charge in [-0.3, -0.25) is 9.78 Å². The largest absolute Gasteiger partial charge is 0.375 e. The molecule has 2 aliphatic heterocycles. The summed E-state index contributed by atoms with van der Waals surface area (Å²) >= 11 is 0. The van der Waals surface area contributed by atoms with E-state index >= 15 is 0 Å². The van der Waals surface area contributed by atoms with Crippen molar-refractivity contribution >= 4 is 5.91 Å². The van der Waals surface area contributed by atoms with Gasteiger partial charge in [-0.1, -0.05) is 11.6 Å². The summed E-state index contributed by atoms with van der Waals surface area (Å²) < 4.78 is 11.8. The minimum atomic E-state index is -0.100. The summed E-state index contributed by atoms with van der Waals surface area (Å²) in [6, 6.07) is 3.82. The van der Waals surface area contributed by atoms with Crippen LogP contribution in [0.15, 0.2) is 29.0 Å². The lowest BCUT2D eigenvalue weighted by Crippen LogP contribution is -2.51. The van der Waals surface area contributed by atoms with Crippen molar-refractivity contribution in [2.45, 2.75) is 69.3 Å². The van der Waals surface area contributed by atoms with Gasteiger partial charge in [-0.2, -0.15) is 4.98 Å². The molecule has 2 aromatic rings. The molecule has 3 fully saturated rings. The number of rotatable bonds is 5. The molecule has 160 valence electrons. The molecule has 1 unspecified atom stereocenters. The summed E-state index contributed by atoms with van der Waals surface area (Å²) in [5.41, 5.74) is 0.919. The highest BCUT2D eigenvalue weighted by atomic mass is 16.5. The zero-order chi connectivity index (χ0) is 20.4. The number of amides is 1. The van der Waals surface area contributed by atoms with E-state index in [1.165, 1.54) is 19.3 Å². The average molecular weight is 411 g/mol. The third-order valence-corrected chi connectivity index (χ3v) is 7.14. The van der Waals surface area contributed by atoms with Gasteiger partial charge in [0.2, 0.25) is 11.8 Å². The lowest BCUT2D eigenvalue weighted by molar-refractivity contribution is -0.146. The van der Waals surface area contributed by atoms with Gasteiger partial charge in [0.05, 0.1) is 12.0 Å². The third kappa shape index (κ3) is 4.26. The standard InChI is InChI=1S/C23H30N4O3/c28-21(15-17-4-9-24-10-5-17)27-11-7-23(8-12-27)16-18(6-13-29-23)14-20-25-22(30-26-20)19-2-1-3-19/h4-5,9-10,18-19H,1-3,6-8,11-16H2. The molecule has 1 amide bonds. The fraction of sp³-hybridized carbons (Fsp3) is 0.652. The molecule has 30 heavy (non-hydrogen) atoms. The van der Waals surface area contributed by atoms with Gasteiger partial charge in [0, 0.05) is 44.4 Å². The number of carbonyl (C=O) groups is 1. The Balaban J connectivity index is 1.14. The maximum atomic E-state index is 12.7. The van der Waals surface area contributed by atoms with E-state index in [0.29, 0.717) is 18.3 Å². The molecule has 2 aromatic heterocycles. The fourth-order valence-electron chi connectivity index (χ4n) is 5.03. The lowest BCUT2D eigenvalue weighted by atomic mass is 9.78. The summed E-state index contributed by atoms with van der Waals surface area (Å²) in [7, 11) is 0. The monoisotopic (exact) mass is 410 g/mol. The van der Waals surface area contributed by atoms with Gasteiger partial charge < -0.3 is 14.2 Å². The van der Waals surface area contributed by atoms with Crippen LogP contribution in [-0.2, 0) is 22.4 Å². The Hall–Kier alpha value is -2.28. The molecular weight excluding hydrogens is 380 g/mol. The van der Waals surface area contributed by atoms with Crippen molar-refractivity contribution in [1.82, 2.24) is 20.0 Å². The maximum absolute atomic E-state index is 12.7. The third-order valence-electron chi connectivity index (χ3n) is 7.14. The van der Waals surface area contributed by atoms with Crippen LogP contribution in [0.25, 0.3) is 0 Å². The van der Waals surface area contributed by atoms with Crippen LogP contribution in [-0.4, -0.2) is 51.2 Å². The van der Waals surface area contributed by atoms with Crippen LogP contribution >= 0.6 is 0 Å². The Kier molecular flexibility index (Phi) is 5.54. The highest BCUT2D eigenvalue weighted by Crippen LogP contribution is 2.39. The SMILES string of the molecule is O=C(Cc1ccncc1)N1CCC2(CC1)CC(Cc1noc(C3CCC3)n1)CCO2. The van der Waals surface area contributed by atoms with Crippen molar-refractivity contribution in [3.63, 3.8) is 0 Å². The van der Waals surface area contributed by atoms with Crippen molar-refractivity contribution < 1.29 is 14.1 Å². The van der Waals surface area contributed by atoms with Gasteiger partial charge in [0.25, 0.3) is 0 Å². The predicted molar refractivity (Wildman–Crippen MR) is 110 cm³/mol. The minimum absolute atomic E-state index is 0.100. The van der Waals surface area contributed by atoms with E-state index < -0.39 is 0 Å². The number of hydrogen-bond donors (Lipinski definition) is 0. The molecule has 1 aliphatic carbocycles. The summed E-state index contributed by atoms with van der Waals surface area (Å²) in [6.45, 7) is 2.32. The summed E-state index contributed by atoms with van der Waals surface area (Å²) in [6.07, 6.45) is 12.3. The second-order valence-corrected chi connectivity index (χ2v) is 9.18. The van der Waals surface area contributed by atoms with Crippen LogP contribution in [0.5, 0.6) is 0 Å². The predicted octanol–water partition coefficient (Wildman–Crippen LogP) is 3.31. The van der Waals surface area contributed by atoms with Crippen molar-refractivity contribution in [3.8, 4) is 0 Å². The molecule has 4 heterocycles. The van der Waals surface area contributed by atoms with Crippen LogP contribution < -0.4 is 0 Å². The highest BCUT2D eigenvalue weighted by molar-refractivity contribution is 5.78. The summed E-state index contributed by atoms with van der Waals surface area (Å²) in [5.74, 6) is 2.88. The van der Waals surface area contributed by atoms with Gasteiger partial charge in [-0.05, 0) is 62.1 Å². The van der Waals surface area contributed by atoms with Crippen LogP contribution in [0.2, 0.25) is 0 Å². The molecule has 7 heteroatoms. The molecule has 7 nitrogen and oxygen atoms in total. The van der Waals surface area contributed by atoms with E-state index in [2.05, 4.69) is 15.1 Å². The van der Waals surface area contributed by atoms with Crippen molar-refractivity contribution in [2.75, 3.05) is 19.7 Å². The first-order valence-corrected chi connectivity index (χ1v) is 11.3. The molecule has 0 radical (unpaired) electrons. The normalized spacial score (nSPS) is 24.0. The molecule has 3 aliphatic rings. The van der Waals surface area contributed by atoms with Gasteiger partial charge in [0.1, 0.15) is 0 Å². The average Bonchev–Trinajstić information content (AvgIpc) is 3.15. The zero-order valence-corrected chi connectivity index (χ0v) is 17.5. The Morgan fingerprint density at radius 1 is 1.17 bits per heavy atom. The van der Waals surface area contributed by atoms with E-state index in [-0.39, 0.29) is 11.5 Å². The Morgan fingerprint density at radius 2 is 1.97 bits per heavy atom. The number of carbonyl (C=O) groups excluding carboxylic acids is 1. The van der Waals surface area contributed by atoms with E-state index in [0.717, 1.165) is 69.1 Å². The molecule has 1 atom stereocenters. The van der Waals surface area contributed by atoms with Gasteiger partial charge >= 0.3 is 0 Å². The molecule has 5 rings (SSSR count). The number of nitrogens with zero attached hydrogens (tertiary/aromatic N) is 4. The van der Waals surface area contributed by atoms with Gasteiger partial charge in [-0.15, -0.1) is 0 Å². The van der Waals surface area contributed by atoms with Crippen molar-refractivity contribution in [1.29, 1.82) is 0 Å². The summed E-state index contributed by atoms with van der Waals surface area (Å²) in [5, 5.41) is 4.24. The molecule has 1 saturated carbocycles. The fourth-order valence-corrected chi connectivity index (χ4v) is 5.03. The quantitative estimate of drug-likeness (QED) is 0.752. The van der Waals surface area contributed by atoms with Gasteiger partial charge in [0.15, 0.2) is 5.82 Å². The molecule has 0 bridgehead atoms. The second kappa shape index (κ2) is 8.46. The first kappa shape index (κ1) is 19.7. The number of ether oxygens (including phenoxy) is 1. The Morgan fingerprint density at radius 3 is 2.70 bits per heavy atom. The van der Waals surface area contributed by atoms with Crippen LogP contribution in [0.4, 0.5) is 0 Å². The van der Waals surface area contributed by atoms with E-state index in [9.17, 15) is 4.79 Å². The smallest absolute Gasteiger partial charge is 0.229 e. The van der Waals surface area contributed by atoms with E-state index in [1.54, 1.807) is 12.4 Å². The molecule has 2 saturated heterocycles. The maximum Gasteiger partial charge on any atom is 0.229 e. The molecule has 1 spiro atoms. The topological polar surface area (TPSA) is 81.4 Å². The number of hydrogen-bond acceptors (Lipinski definition) is 6. The lowest BCUT2D eigenvalue weighted by Gasteiger charge is -2.46. The van der Waals surface area contributed by atoms with Crippen LogP contribution in [0, 0.1) is 5.92 Å². The highest BCUT2D eigenvalue weighted by Gasteiger charge is 2.41. The number of likely N-dealkylation sites (tertiary alicyclic amines) is 1. The van der Waals surface area contributed by atoms with Crippen LogP contribution in [0.3, 0.4) is 0 Å². The van der Waals surface area contributed by atoms with E-state index in [4.69, 9.17) is 9.26 Å². The number of pyridine rings is 1. The molecule has 0 aromatic carbocycles. The van der Waals surface area contributed by atoms with Crippen LogP contribution in [0.1, 0.15) is 68.1 Å². The van der Waals surface area contributed by atoms with E-state index in [1.807, 2.05) is 17.0 Å².